The fourth-order valence-corrected chi connectivity index (χ4v) is 3.88. The SMILES string of the molecule is CCCCC(C)(C)C/C=C/[C@H]1CCC[C@@H]1C/C=C\CC(O)C(O)(O)C(=O)OC. The largest absolute Gasteiger partial charge is 0.465 e. The second-order valence-electron chi connectivity index (χ2n) is 8.93. The average Bonchev–Trinajstić information content (AvgIpc) is 3.09. The van der Waals surface area contributed by atoms with E-state index in [1.807, 2.05) is 6.08 Å². The topological polar surface area (TPSA) is 87.0 Å². The van der Waals surface area contributed by atoms with Crippen LogP contribution in [0, 0.1) is 17.3 Å². The van der Waals surface area contributed by atoms with Gasteiger partial charge in [0.15, 0.2) is 0 Å². The van der Waals surface area contributed by atoms with E-state index >= 15 is 0 Å². The lowest BCUT2D eigenvalue weighted by molar-refractivity contribution is -0.238. The first kappa shape index (κ1) is 24.9. The van der Waals surface area contributed by atoms with E-state index in [4.69, 9.17) is 0 Å². The number of ether oxygens (including phenoxy) is 1. The van der Waals surface area contributed by atoms with E-state index in [1.165, 1.54) is 38.5 Å². The van der Waals surface area contributed by atoms with Gasteiger partial charge in [-0.3, -0.25) is 0 Å². The second kappa shape index (κ2) is 11.7. The van der Waals surface area contributed by atoms with Crippen LogP contribution in [-0.2, 0) is 9.53 Å². The molecule has 0 aromatic carbocycles. The van der Waals surface area contributed by atoms with E-state index in [0.29, 0.717) is 17.3 Å². The van der Waals surface area contributed by atoms with Crippen molar-refractivity contribution in [1.29, 1.82) is 0 Å². The van der Waals surface area contributed by atoms with E-state index in [0.717, 1.165) is 20.0 Å². The summed E-state index contributed by atoms with van der Waals surface area (Å²) in [6.07, 6.45) is 16.2. The highest BCUT2D eigenvalue weighted by Gasteiger charge is 2.42. The van der Waals surface area contributed by atoms with Gasteiger partial charge in [0, 0.05) is 0 Å². The number of carbonyl (C=O) groups is 1. The Morgan fingerprint density at radius 1 is 1.21 bits per heavy atom. The first-order valence-corrected chi connectivity index (χ1v) is 10.7. The molecule has 0 heterocycles. The summed E-state index contributed by atoms with van der Waals surface area (Å²) in [5, 5.41) is 29.0. The Morgan fingerprint density at radius 2 is 1.93 bits per heavy atom. The maximum absolute atomic E-state index is 11.3. The van der Waals surface area contributed by atoms with Gasteiger partial charge in [-0.2, -0.15) is 0 Å². The molecule has 1 rings (SSSR count). The van der Waals surface area contributed by atoms with Crippen molar-refractivity contribution >= 4 is 5.97 Å². The van der Waals surface area contributed by atoms with Crippen LogP contribution in [-0.4, -0.2) is 40.3 Å². The van der Waals surface area contributed by atoms with Gasteiger partial charge in [0.1, 0.15) is 6.10 Å². The number of hydrogen-bond donors (Lipinski definition) is 3. The molecule has 0 amide bonds. The minimum absolute atomic E-state index is 0.0130. The molecule has 1 unspecified atom stereocenters. The van der Waals surface area contributed by atoms with Gasteiger partial charge >= 0.3 is 5.97 Å². The molecular formula is C23H40O5. The van der Waals surface area contributed by atoms with Crippen molar-refractivity contribution in [3.63, 3.8) is 0 Å². The minimum Gasteiger partial charge on any atom is -0.465 e. The number of esters is 1. The maximum atomic E-state index is 11.3. The zero-order valence-corrected chi connectivity index (χ0v) is 18.1. The molecule has 0 saturated heterocycles. The molecule has 5 heteroatoms. The number of methoxy groups -OCH3 is 1. The number of rotatable bonds is 12. The average molecular weight is 397 g/mol. The molecule has 3 N–H and O–H groups in total. The van der Waals surface area contributed by atoms with Crippen LogP contribution in [0.4, 0.5) is 0 Å². The van der Waals surface area contributed by atoms with Gasteiger partial charge in [-0.1, -0.05) is 64.3 Å². The van der Waals surface area contributed by atoms with Crippen molar-refractivity contribution in [3.8, 4) is 0 Å². The molecule has 0 aromatic rings. The van der Waals surface area contributed by atoms with Gasteiger partial charge in [0.2, 0.25) is 0 Å². The molecule has 0 radical (unpaired) electrons. The van der Waals surface area contributed by atoms with Crippen LogP contribution in [0.3, 0.4) is 0 Å². The van der Waals surface area contributed by atoms with E-state index in [-0.39, 0.29) is 6.42 Å². The molecular weight excluding hydrogens is 356 g/mol. The van der Waals surface area contributed by atoms with Crippen LogP contribution < -0.4 is 0 Å². The Labute approximate surface area is 170 Å². The van der Waals surface area contributed by atoms with Gasteiger partial charge in [0.05, 0.1) is 7.11 Å². The molecule has 1 fully saturated rings. The predicted octanol–water partition coefficient (Wildman–Crippen LogP) is 4.12. The van der Waals surface area contributed by atoms with Crippen LogP contribution in [0.1, 0.15) is 78.6 Å². The standard InChI is InChI=1S/C23H40O5/c1-5-6-16-22(2,3)17-10-14-19-13-9-12-18(19)11-7-8-15-20(24)23(26,27)21(25)28-4/h7-8,10,14,18-20,24,26-27H,5-6,9,11-13,15-17H2,1-4H3/b8-7-,14-10+/t18-,19+,20?/m0/s1. The number of unbranched alkanes of at least 4 members (excludes halogenated alkanes) is 1. The second-order valence-corrected chi connectivity index (χ2v) is 8.93. The third kappa shape index (κ3) is 8.06. The van der Waals surface area contributed by atoms with Crippen molar-refractivity contribution in [2.24, 2.45) is 17.3 Å². The molecule has 1 saturated carbocycles. The highest BCUT2D eigenvalue weighted by atomic mass is 16.6. The predicted molar refractivity (Wildman–Crippen MR) is 111 cm³/mol. The lowest BCUT2D eigenvalue weighted by atomic mass is 9.83. The van der Waals surface area contributed by atoms with Gasteiger partial charge in [0.25, 0.3) is 5.79 Å². The van der Waals surface area contributed by atoms with E-state index in [2.05, 4.69) is 37.7 Å². The highest BCUT2D eigenvalue weighted by Crippen LogP contribution is 2.36. The molecule has 3 atom stereocenters. The molecule has 0 aliphatic heterocycles. The van der Waals surface area contributed by atoms with Gasteiger partial charge in [-0.05, 0) is 55.8 Å². The van der Waals surface area contributed by atoms with Crippen LogP contribution >= 0.6 is 0 Å². The Kier molecular flexibility index (Phi) is 10.4. The van der Waals surface area contributed by atoms with Crippen LogP contribution in [0.15, 0.2) is 24.3 Å². The Hall–Kier alpha value is -1.17. The van der Waals surface area contributed by atoms with Crippen molar-refractivity contribution in [2.75, 3.05) is 7.11 Å². The number of carbonyl (C=O) groups excluding carboxylic acids is 1. The van der Waals surface area contributed by atoms with Gasteiger partial charge < -0.3 is 20.1 Å². The highest BCUT2D eigenvalue weighted by molar-refractivity contribution is 5.77. The summed E-state index contributed by atoms with van der Waals surface area (Å²) in [5.74, 6) is -2.96. The lowest BCUT2D eigenvalue weighted by Gasteiger charge is -2.23. The van der Waals surface area contributed by atoms with Crippen molar-refractivity contribution < 1.29 is 24.9 Å². The first-order valence-electron chi connectivity index (χ1n) is 10.7. The van der Waals surface area contributed by atoms with Gasteiger partial charge in [-0.15, -0.1) is 0 Å². The molecule has 1 aliphatic rings. The van der Waals surface area contributed by atoms with Crippen molar-refractivity contribution in [3.05, 3.63) is 24.3 Å². The Balaban J connectivity index is 2.46. The van der Waals surface area contributed by atoms with E-state index in [9.17, 15) is 20.1 Å². The zero-order valence-electron chi connectivity index (χ0n) is 18.1. The van der Waals surface area contributed by atoms with E-state index < -0.39 is 17.9 Å². The molecule has 0 spiro atoms. The summed E-state index contributed by atoms with van der Waals surface area (Å²) in [7, 11) is 1.05. The third-order valence-corrected chi connectivity index (χ3v) is 5.89. The quantitative estimate of drug-likeness (QED) is 0.262. The summed E-state index contributed by atoms with van der Waals surface area (Å²) in [4.78, 5) is 11.3. The lowest BCUT2D eigenvalue weighted by Crippen LogP contribution is -2.50. The number of hydrogen-bond acceptors (Lipinski definition) is 5. The minimum atomic E-state index is -2.87. The van der Waals surface area contributed by atoms with Gasteiger partial charge in [-0.25, -0.2) is 4.79 Å². The third-order valence-electron chi connectivity index (χ3n) is 5.89. The summed E-state index contributed by atoms with van der Waals surface area (Å²) in [5.41, 5.74) is 0.359. The smallest absolute Gasteiger partial charge is 0.369 e. The van der Waals surface area contributed by atoms with E-state index in [1.54, 1.807) is 6.08 Å². The Bertz CT molecular complexity index is 521. The monoisotopic (exact) mass is 396 g/mol. The number of aliphatic hydroxyl groups excluding tert-OH is 1. The normalized spacial score (nSPS) is 22.2. The maximum Gasteiger partial charge on any atom is 0.369 e. The molecule has 0 aromatic heterocycles. The summed E-state index contributed by atoms with van der Waals surface area (Å²) in [6.45, 7) is 6.91. The van der Waals surface area contributed by atoms with Crippen molar-refractivity contribution in [2.45, 2.75) is 90.4 Å². The summed E-state index contributed by atoms with van der Waals surface area (Å²) < 4.78 is 4.29. The molecule has 28 heavy (non-hydrogen) atoms. The fourth-order valence-electron chi connectivity index (χ4n) is 3.88. The van der Waals surface area contributed by atoms with Crippen molar-refractivity contribution in [1.82, 2.24) is 0 Å². The molecule has 0 bridgehead atoms. The fraction of sp³-hybridized carbons (Fsp3) is 0.783. The van der Waals surface area contributed by atoms with Crippen LogP contribution in [0.25, 0.3) is 0 Å². The molecule has 5 nitrogen and oxygen atoms in total. The first-order chi connectivity index (χ1) is 13.1. The molecule has 1 aliphatic carbocycles. The zero-order chi connectivity index (χ0) is 21.2. The number of aliphatic hydroxyl groups is 3. The Morgan fingerprint density at radius 3 is 2.57 bits per heavy atom. The number of allylic oxidation sites excluding steroid dienone is 3. The van der Waals surface area contributed by atoms with Crippen LogP contribution in [0.2, 0.25) is 0 Å². The summed E-state index contributed by atoms with van der Waals surface area (Å²) >= 11 is 0. The van der Waals surface area contributed by atoms with Crippen LogP contribution in [0.5, 0.6) is 0 Å². The molecule has 162 valence electrons. The summed E-state index contributed by atoms with van der Waals surface area (Å²) in [6, 6.07) is 0.